The Morgan fingerprint density at radius 1 is 1.53 bits per heavy atom. The van der Waals surface area contributed by atoms with E-state index in [2.05, 4.69) is 0 Å². The van der Waals surface area contributed by atoms with Gasteiger partial charge in [0.05, 0.1) is 12.0 Å². The fraction of sp³-hybridized carbons (Fsp3) is 0.0909. The SMILES string of the molecule is N#Cc1ccc(C=CCC(=O)O)cc1O. The fourth-order valence-electron chi connectivity index (χ4n) is 1.04. The predicted octanol–water partition coefficient (Wildman–Crippen LogP) is 1.75. The highest BCUT2D eigenvalue weighted by Crippen LogP contribution is 2.18. The minimum Gasteiger partial charge on any atom is -0.507 e. The van der Waals surface area contributed by atoms with Gasteiger partial charge in [0.1, 0.15) is 11.8 Å². The summed E-state index contributed by atoms with van der Waals surface area (Å²) in [4.78, 5) is 10.2. The number of carboxylic acids is 1. The standard InChI is InChI=1S/C11H9NO3/c12-7-9-5-4-8(6-10(9)13)2-1-3-11(14)15/h1-2,4-6,13H,3H2,(H,14,15). The lowest BCUT2D eigenvalue weighted by molar-refractivity contribution is -0.135. The van der Waals surface area contributed by atoms with Gasteiger partial charge in [-0.3, -0.25) is 4.79 Å². The summed E-state index contributed by atoms with van der Waals surface area (Å²) in [5, 5.41) is 26.3. The molecule has 0 amide bonds. The Hall–Kier alpha value is -2.28. The number of aromatic hydroxyl groups is 1. The highest BCUT2D eigenvalue weighted by molar-refractivity contribution is 5.70. The van der Waals surface area contributed by atoms with Crippen molar-refractivity contribution in [2.45, 2.75) is 6.42 Å². The zero-order valence-electron chi connectivity index (χ0n) is 7.84. The molecule has 0 aliphatic heterocycles. The van der Waals surface area contributed by atoms with Gasteiger partial charge in [0.25, 0.3) is 0 Å². The van der Waals surface area contributed by atoms with Crippen LogP contribution in [0.5, 0.6) is 5.75 Å². The van der Waals surface area contributed by atoms with Crippen molar-refractivity contribution in [3.63, 3.8) is 0 Å². The first-order valence-corrected chi connectivity index (χ1v) is 4.25. The summed E-state index contributed by atoms with van der Waals surface area (Å²) in [6.07, 6.45) is 2.99. The molecule has 0 atom stereocenters. The summed E-state index contributed by atoms with van der Waals surface area (Å²) in [5.74, 6) is -1.01. The van der Waals surface area contributed by atoms with Crippen molar-refractivity contribution >= 4 is 12.0 Å². The van der Waals surface area contributed by atoms with Crippen LogP contribution in [0.2, 0.25) is 0 Å². The number of aliphatic carboxylic acids is 1. The van der Waals surface area contributed by atoms with Crippen LogP contribution in [0.15, 0.2) is 24.3 Å². The number of carboxylic acid groups (broad SMARTS) is 1. The maximum Gasteiger partial charge on any atom is 0.307 e. The molecule has 0 spiro atoms. The highest BCUT2D eigenvalue weighted by atomic mass is 16.4. The first kappa shape index (κ1) is 10.8. The van der Waals surface area contributed by atoms with E-state index in [1.54, 1.807) is 12.1 Å². The molecule has 0 aliphatic carbocycles. The molecule has 2 N–H and O–H groups in total. The summed E-state index contributed by atoms with van der Waals surface area (Å²) >= 11 is 0. The Bertz CT molecular complexity index is 444. The van der Waals surface area contributed by atoms with Crippen molar-refractivity contribution in [1.82, 2.24) is 0 Å². The van der Waals surface area contributed by atoms with Crippen LogP contribution in [0.4, 0.5) is 0 Å². The number of nitrogens with zero attached hydrogens (tertiary/aromatic N) is 1. The van der Waals surface area contributed by atoms with Crippen molar-refractivity contribution in [3.8, 4) is 11.8 Å². The molecule has 0 radical (unpaired) electrons. The number of phenolic OH excluding ortho intramolecular Hbond substituents is 1. The van der Waals surface area contributed by atoms with Crippen LogP contribution in [0, 0.1) is 11.3 Å². The van der Waals surface area contributed by atoms with E-state index in [0.717, 1.165) is 0 Å². The molecule has 0 fully saturated rings. The van der Waals surface area contributed by atoms with Crippen molar-refractivity contribution in [3.05, 3.63) is 35.4 Å². The molecule has 4 heteroatoms. The summed E-state index contributed by atoms with van der Waals surface area (Å²) in [7, 11) is 0. The summed E-state index contributed by atoms with van der Waals surface area (Å²) in [6.45, 7) is 0. The molecular formula is C11H9NO3. The molecule has 1 aromatic carbocycles. The molecule has 0 bridgehead atoms. The summed E-state index contributed by atoms with van der Waals surface area (Å²) < 4.78 is 0. The molecule has 0 aliphatic rings. The van der Waals surface area contributed by atoms with Gasteiger partial charge in [0.15, 0.2) is 0 Å². The second-order valence-electron chi connectivity index (χ2n) is 2.89. The second-order valence-corrected chi connectivity index (χ2v) is 2.89. The second kappa shape index (κ2) is 4.82. The Kier molecular flexibility index (Phi) is 3.47. The van der Waals surface area contributed by atoms with Crippen LogP contribution in [-0.4, -0.2) is 16.2 Å². The minimum atomic E-state index is -0.913. The highest BCUT2D eigenvalue weighted by Gasteiger charge is 1.99. The van der Waals surface area contributed by atoms with Gasteiger partial charge in [0.2, 0.25) is 0 Å². The third-order valence-corrected chi connectivity index (χ3v) is 1.75. The molecule has 0 aromatic heterocycles. The molecule has 0 saturated carbocycles. The third-order valence-electron chi connectivity index (χ3n) is 1.75. The van der Waals surface area contributed by atoms with E-state index in [1.165, 1.54) is 18.2 Å². The van der Waals surface area contributed by atoms with Crippen LogP contribution in [-0.2, 0) is 4.79 Å². The number of rotatable bonds is 3. The maximum atomic E-state index is 10.2. The third kappa shape index (κ3) is 3.16. The summed E-state index contributed by atoms with van der Waals surface area (Å²) in [5.41, 5.74) is 0.859. The Balaban J connectivity index is 2.81. The monoisotopic (exact) mass is 203 g/mol. The molecule has 0 saturated heterocycles. The molecule has 76 valence electrons. The summed E-state index contributed by atoms with van der Waals surface area (Å²) in [6, 6.07) is 6.36. The molecule has 0 heterocycles. The molecule has 1 aromatic rings. The van der Waals surface area contributed by atoms with E-state index in [-0.39, 0.29) is 17.7 Å². The molecular weight excluding hydrogens is 194 g/mol. The first-order chi connectivity index (χ1) is 7.13. The van der Waals surface area contributed by atoms with Gasteiger partial charge >= 0.3 is 5.97 Å². The average molecular weight is 203 g/mol. The molecule has 4 nitrogen and oxygen atoms in total. The number of hydrogen-bond acceptors (Lipinski definition) is 3. The van der Waals surface area contributed by atoms with Gasteiger partial charge in [0, 0.05) is 0 Å². The van der Waals surface area contributed by atoms with Gasteiger partial charge in [-0.25, -0.2) is 0 Å². The average Bonchev–Trinajstić information content (AvgIpc) is 2.17. The number of nitriles is 1. The number of hydrogen-bond donors (Lipinski definition) is 2. The Labute approximate surface area is 86.7 Å². The van der Waals surface area contributed by atoms with E-state index in [1.807, 2.05) is 6.07 Å². The van der Waals surface area contributed by atoms with E-state index < -0.39 is 5.97 Å². The van der Waals surface area contributed by atoms with Gasteiger partial charge in [-0.05, 0) is 17.7 Å². The van der Waals surface area contributed by atoms with E-state index >= 15 is 0 Å². The predicted molar refractivity (Wildman–Crippen MR) is 54.1 cm³/mol. The lowest BCUT2D eigenvalue weighted by Crippen LogP contribution is -1.89. The smallest absolute Gasteiger partial charge is 0.307 e. The molecule has 1 rings (SSSR count). The van der Waals surface area contributed by atoms with Crippen LogP contribution in [0.25, 0.3) is 6.08 Å². The Morgan fingerprint density at radius 2 is 2.27 bits per heavy atom. The van der Waals surface area contributed by atoms with Gasteiger partial charge in [-0.15, -0.1) is 0 Å². The zero-order valence-corrected chi connectivity index (χ0v) is 7.84. The maximum absolute atomic E-state index is 10.2. The minimum absolute atomic E-state index is 0.0687. The van der Waals surface area contributed by atoms with Crippen molar-refractivity contribution in [1.29, 1.82) is 5.26 Å². The number of carbonyl (C=O) groups is 1. The topological polar surface area (TPSA) is 81.3 Å². The van der Waals surface area contributed by atoms with Crippen molar-refractivity contribution in [2.24, 2.45) is 0 Å². The fourth-order valence-corrected chi connectivity index (χ4v) is 1.04. The molecule has 15 heavy (non-hydrogen) atoms. The molecule has 0 unspecified atom stereocenters. The van der Waals surface area contributed by atoms with E-state index in [4.69, 9.17) is 10.4 Å². The lowest BCUT2D eigenvalue weighted by atomic mass is 10.1. The van der Waals surface area contributed by atoms with Crippen molar-refractivity contribution in [2.75, 3.05) is 0 Å². The lowest BCUT2D eigenvalue weighted by Gasteiger charge is -1.97. The van der Waals surface area contributed by atoms with Gasteiger partial charge in [-0.1, -0.05) is 18.2 Å². The van der Waals surface area contributed by atoms with Crippen LogP contribution in [0.3, 0.4) is 0 Å². The normalized spacial score (nSPS) is 10.1. The van der Waals surface area contributed by atoms with Crippen LogP contribution >= 0.6 is 0 Å². The largest absolute Gasteiger partial charge is 0.507 e. The Morgan fingerprint density at radius 3 is 2.80 bits per heavy atom. The van der Waals surface area contributed by atoms with Crippen molar-refractivity contribution < 1.29 is 15.0 Å². The van der Waals surface area contributed by atoms with E-state index in [9.17, 15) is 9.90 Å². The number of phenols is 1. The zero-order chi connectivity index (χ0) is 11.3. The number of benzene rings is 1. The van der Waals surface area contributed by atoms with Gasteiger partial charge in [-0.2, -0.15) is 5.26 Å². The van der Waals surface area contributed by atoms with Crippen LogP contribution < -0.4 is 0 Å². The first-order valence-electron chi connectivity index (χ1n) is 4.25. The quantitative estimate of drug-likeness (QED) is 0.784. The van der Waals surface area contributed by atoms with E-state index in [0.29, 0.717) is 5.56 Å². The van der Waals surface area contributed by atoms with Gasteiger partial charge < -0.3 is 10.2 Å². The van der Waals surface area contributed by atoms with Crippen LogP contribution in [0.1, 0.15) is 17.5 Å².